The quantitative estimate of drug-likeness (QED) is 0.844. The first-order valence-electron chi connectivity index (χ1n) is 7.55. The maximum absolute atomic E-state index is 3.53. The lowest BCUT2D eigenvalue weighted by atomic mass is 9.93. The van der Waals surface area contributed by atoms with Crippen LogP contribution in [-0.2, 0) is 0 Å². The van der Waals surface area contributed by atoms with Crippen molar-refractivity contribution in [3.8, 4) is 0 Å². The largest absolute Gasteiger partial charge is 0.312 e. The van der Waals surface area contributed by atoms with Crippen LogP contribution >= 0.6 is 0 Å². The van der Waals surface area contributed by atoms with Crippen molar-refractivity contribution >= 4 is 0 Å². The summed E-state index contributed by atoms with van der Waals surface area (Å²) in [4.78, 5) is 2.62. The van der Waals surface area contributed by atoms with Crippen LogP contribution in [0.25, 0.3) is 0 Å². The first-order valence-corrected chi connectivity index (χ1v) is 7.55. The Balaban J connectivity index is 2.21. The maximum Gasteiger partial charge on any atom is 0.0452 e. The van der Waals surface area contributed by atoms with Crippen LogP contribution in [0.1, 0.15) is 48.1 Å². The number of rotatable bonds is 6. The van der Waals surface area contributed by atoms with Gasteiger partial charge in [-0.05, 0) is 63.9 Å². The molecule has 0 spiro atoms. The summed E-state index contributed by atoms with van der Waals surface area (Å²) in [6, 6.07) is 5.90. The predicted octanol–water partition coefficient (Wildman–Crippen LogP) is 3.36. The fourth-order valence-electron chi connectivity index (χ4n) is 3.28. The molecule has 2 rings (SSSR count). The van der Waals surface area contributed by atoms with Gasteiger partial charge in [-0.1, -0.05) is 24.6 Å². The summed E-state index contributed by atoms with van der Waals surface area (Å²) in [6.45, 7) is 11.2. The molecule has 1 aliphatic carbocycles. The number of hydrogen-bond acceptors (Lipinski definition) is 2. The third-order valence-corrected chi connectivity index (χ3v) is 4.32. The van der Waals surface area contributed by atoms with E-state index < -0.39 is 0 Å². The summed E-state index contributed by atoms with van der Waals surface area (Å²) in [6.07, 6.45) is 2.77. The molecule has 0 bridgehead atoms. The Hall–Kier alpha value is -0.860. The average Bonchev–Trinajstić information content (AvgIpc) is 3.16. The smallest absolute Gasteiger partial charge is 0.0452 e. The van der Waals surface area contributed by atoms with E-state index in [1.165, 1.54) is 35.1 Å². The molecule has 19 heavy (non-hydrogen) atoms. The van der Waals surface area contributed by atoms with Crippen molar-refractivity contribution in [2.24, 2.45) is 0 Å². The third kappa shape index (κ3) is 3.37. The molecule has 106 valence electrons. The van der Waals surface area contributed by atoms with Crippen molar-refractivity contribution in [1.29, 1.82) is 0 Å². The maximum atomic E-state index is 3.53. The van der Waals surface area contributed by atoms with E-state index in [1.54, 1.807) is 0 Å². The molecule has 1 N–H and O–H groups in total. The zero-order valence-electron chi connectivity index (χ0n) is 13.1. The Labute approximate surface area is 118 Å². The lowest BCUT2D eigenvalue weighted by Crippen LogP contribution is -2.36. The van der Waals surface area contributed by atoms with E-state index in [0.717, 1.165) is 19.1 Å². The summed E-state index contributed by atoms with van der Waals surface area (Å²) >= 11 is 0. The molecule has 1 aliphatic rings. The van der Waals surface area contributed by atoms with Crippen LogP contribution in [-0.4, -0.2) is 31.1 Å². The summed E-state index contributed by atoms with van der Waals surface area (Å²) in [5.41, 5.74) is 5.70. The number of nitrogens with zero attached hydrogens (tertiary/aromatic N) is 1. The van der Waals surface area contributed by atoms with Crippen LogP contribution in [0.5, 0.6) is 0 Å². The van der Waals surface area contributed by atoms with E-state index in [4.69, 9.17) is 0 Å². The molecule has 1 aromatic carbocycles. The van der Waals surface area contributed by atoms with Crippen molar-refractivity contribution in [3.63, 3.8) is 0 Å². The molecule has 1 saturated carbocycles. The molecule has 0 saturated heterocycles. The number of aryl methyl sites for hydroxylation is 3. The number of hydrogen-bond donors (Lipinski definition) is 1. The molecule has 0 amide bonds. The highest BCUT2D eigenvalue weighted by Crippen LogP contribution is 2.30. The van der Waals surface area contributed by atoms with Crippen molar-refractivity contribution in [2.45, 2.75) is 52.6 Å². The van der Waals surface area contributed by atoms with E-state index in [1.807, 2.05) is 0 Å². The van der Waals surface area contributed by atoms with Gasteiger partial charge in [0.2, 0.25) is 0 Å². The van der Waals surface area contributed by atoms with E-state index >= 15 is 0 Å². The van der Waals surface area contributed by atoms with Crippen molar-refractivity contribution < 1.29 is 0 Å². The van der Waals surface area contributed by atoms with Crippen molar-refractivity contribution in [2.75, 3.05) is 20.1 Å². The van der Waals surface area contributed by atoms with Crippen LogP contribution in [0.15, 0.2) is 12.1 Å². The Kier molecular flexibility index (Phi) is 4.64. The van der Waals surface area contributed by atoms with Gasteiger partial charge in [0.25, 0.3) is 0 Å². The van der Waals surface area contributed by atoms with Gasteiger partial charge in [0.15, 0.2) is 0 Å². The molecule has 0 aromatic heterocycles. The van der Waals surface area contributed by atoms with Gasteiger partial charge in [-0.2, -0.15) is 0 Å². The molecule has 1 fully saturated rings. The minimum absolute atomic E-state index is 0.446. The van der Waals surface area contributed by atoms with Crippen LogP contribution in [0, 0.1) is 20.8 Å². The highest BCUT2D eigenvalue weighted by molar-refractivity contribution is 5.39. The zero-order chi connectivity index (χ0) is 14.0. The molecule has 1 unspecified atom stereocenters. The fourth-order valence-corrected chi connectivity index (χ4v) is 3.28. The Morgan fingerprint density at radius 2 is 1.79 bits per heavy atom. The van der Waals surface area contributed by atoms with Gasteiger partial charge in [0.05, 0.1) is 0 Å². The second kappa shape index (κ2) is 6.06. The van der Waals surface area contributed by atoms with Crippen LogP contribution < -0.4 is 5.32 Å². The molecule has 1 atom stereocenters. The zero-order valence-corrected chi connectivity index (χ0v) is 13.1. The summed E-state index contributed by atoms with van der Waals surface area (Å²) in [7, 11) is 2.09. The topological polar surface area (TPSA) is 15.3 Å². The lowest BCUT2D eigenvalue weighted by molar-refractivity contribution is 0.248. The highest BCUT2D eigenvalue weighted by atomic mass is 15.2. The number of likely N-dealkylation sites (N-methyl/N-ethyl adjacent to an activating group) is 2. The minimum Gasteiger partial charge on any atom is -0.312 e. The van der Waals surface area contributed by atoms with Gasteiger partial charge in [0.1, 0.15) is 0 Å². The minimum atomic E-state index is 0.446. The molecule has 2 nitrogen and oxygen atoms in total. The molecular weight excluding hydrogens is 232 g/mol. The van der Waals surface area contributed by atoms with Crippen molar-refractivity contribution in [3.05, 3.63) is 34.4 Å². The van der Waals surface area contributed by atoms with E-state index in [9.17, 15) is 0 Å². The molecular formula is C17H28N2. The van der Waals surface area contributed by atoms with Crippen LogP contribution in [0.3, 0.4) is 0 Å². The highest BCUT2D eigenvalue weighted by Gasteiger charge is 2.30. The first-order chi connectivity index (χ1) is 9.06. The van der Waals surface area contributed by atoms with Crippen LogP contribution in [0.4, 0.5) is 0 Å². The fraction of sp³-hybridized carbons (Fsp3) is 0.647. The SMILES string of the molecule is CCN(CC(NC)c1c(C)cc(C)cc1C)C1CC1. The van der Waals surface area contributed by atoms with Gasteiger partial charge >= 0.3 is 0 Å². The second-order valence-electron chi connectivity index (χ2n) is 5.97. The third-order valence-electron chi connectivity index (χ3n) is 4.32. The van der Waals surface area contributed by atoms with Gasteiger partial charge in [0, 0.05) is 18.6 Å². The summed E-state index contributed by atoms with van der Waals surface area (Å²) in [5, 5.41) is 3.53. The monoisotopic (exact) mass is 260 g/mol. The number of nitrogens with one attached hydrogen (secondary N) is 1. The summed E-state index contributed by atoms with van der Waals surface area (Å²) < 4.78 is 0. The Morgan fingerprint density at radius 3 is 2.21 bits per heavy atom. The standard InChI is InChI=1S/C17H28N2/c1-6-19(15-7-8-15)11-16(18-5)17-13(3)9-12(2)10-14(17)4/h9-10,15-16,18H,6-8,11H2,1-5H3. The molecule has 0 radical (unpaired) electrons. The van der Waals surface area contributed by atoms with Gasteiger partial charge in [-0.15, -0.1) is 0 Å². The second-order valence-corrected chi connectivity index (χ2v) is 5.97. The van der Waals surface area contributed by atoms with Gasteiger partial charge < -0.3 is 5.32 Å². The van der Waals surface area contributed by atoms with Gasteiger partial charge in [-0.25, -0.2) is 0 Å². The van der Waals surface area contributed by atoms with Crippen molar-refractivity contribution in [1.82, 2.24) is 10.2 Å². The first kappa shape index (κ1) is 14.5. The van der Waals surface area contributed by atoms with E-state index in [2.05, 4.69) is 57.1 Å². The average molecular weight is 260 g/mol. The van der Waals surface area contributed by atoms with E-state index in [-0.39, 0.29) is 0 Å². The van der Waals surface area contributed by atoms with E-state index in [0.29, 0.717) is 6.04 Å². The predicted molar refractivity (Wildman–Crippen MR) is 82.7 cm³/mol. The van der Waals surface area contributed by atoms with Crippen LogP contribution in [0.2, 0.25) is 0 Å². The number of benzene rings is 1. The Bertz CT molecular complexity index is 412. The lowest BCUT2D eigenvalue weighted by Gasteiger charge is -2.28. The molecule has 0 heterocycles. The Morgan fingerprint density at radius 1 is 1.21 bits per heavy atom. The molecule has 1 aromatic rings. The normalized spacial score (nSPS) is 16.9. The molecule has 2 heteroatoms. The molecule has 0 aliphatic heterocycles. The van der Waals surface area contributed by atoms with Gasteiger partial charge in [-0.3, -0.25) is 4.90 Å². The summed E-state index contributed by atoms with van der Waals surface area (Å²) in [5.74, 6) is 0.